The summed E-state index contributed by atoms with van der Waals surface area (Å²) in [6.07, 6.45) is 3.59. The molecule has 0 aliphatic rings. The lowest BCUT2D eigenvalue weighted by molar-refractivity contribution is 0.0930. The molecule has 1 unspecified atom stereocenters. The van der Waals surface area contributed by atoms with E-state index < -0.39 is 5.54 Å². The van der Waals surface area contributed by atoms with E-state index in [0.29, 0.717) is 11.0 Å². The first kappa shape index (κ1) is 30.0. The number of amides is 1. The fourth-order valence-electron chi connectivity index (χ4n) is 6.85. The van der Waals surface area contributed by atoms with Crippen LogP contribution in [0.2, 0.25) is 0 Å². The van der Waals surface area contributed by atoms with Gasteiger partial charge in [0.05, 0.1) is 28.3 Å². The summed E-state index contributed by atoms with van der Waals surface area (Å²) in [7, 11) is 0. The van der Waals surface area contributed by atoms with Crippen LogP contribution >= 0.6 is 0 Å². The summed E-state index contributed by atoms with van der Waals surface area (Å²) in [5.74, 6) is -0.173. The Balaban J connectivity index is 1.37. The van der Waals surface area contributed by atoms with Crippen molar-refractivity contribution in [2.75, 3.05) is 0 Å². The lowest BCUT2D eigenvalue weighted by Gasteiger charge is -2.37. The Kier molecular flexibility index (Phi) is 7.57. The minimum absolute atomic E-state index is 0.142. The van der Waals surface area contributed by atoms with Gasteiger partial charge in [-0.05, 0) is 60.4 Å². The van der Waals surface area contributed by atoms with Gasteiger partial charge >= 0.3 is 0 Å². The van der Waals surface area contributed by atoms with Gasteiger partial charge in [0.1, 0.15) is 5.54 Å². The van der Waals surface area contributed by atoms with Gasteiger partial charge in [0.2, 0.25) is 5.82 Å². The van der Waals surface area contributed by atoms with Crippen molar-refractivity contribution < 1.29 is 4.79 Å². The Morgan fingerprint density at radius 1 is 0.714 bits per heavy atom. The van der Waals surface area contributed by atoms with Crippen LogP contribution in [0.5, 0.6) is 0 Å². The summed E-state index contributed by atoms with van der Waals surface area (Å²) in [4.78, 5) is 27.3. The SMILES string of the molecule is Cc1ccc(C(C)NC(=O)c2nc3cc4c(-c5ccncc5)[nH]n(C(c5ccccc5)(c5ccccc5)c5ccccc5)c4cc3n2)cc1. The Hall–Kier alpha value is -6.34. The number of imidazole rings is 1. The zero-order valence-electron chi connectivity index (χ0n) is 27.2. The highest BCUT2D eigenvalue weighted by atomic mass is 16.2. The number of carbonyl (C=O) groups excluding carboxylic acids is 1. The maximum atomic E-state index is 13.5. The molecule has 0 bridgehead atoms. The summed E-state index contributed by atoms with van der Waals surface area (Å²) >= 11 is 0. The van der Waals surface area contributed by atoms with E-state index in [4.69, 9.17) is 9.97 Å². The van der Waals surface area contributed by atoms with Gasteiger partial charge in [-0.2, -0.15) is 0 Å². The molecule has 5 aromatic carbocycles. The number of rotatable bonds is 8. The molecule has 0 saturated carbocycles. The molecule has 238 valence electrons. The van der Waals surface area contributed by atoms with E-state index in [-0.39, 0.29) is 17.8 Å². The van der Waals surface area contributed by atoms with E-state index in [0.717, 1.165) is 44.4 Å². The van der Waals surface area contributed by atoms with Crippen LogP contribution < -0.4 is 5.32 Å². The van der Waals surface area contributed by atoms with Gasteiger partial charge in [0.25, 0.3) is 5.91 Å². The molecule has 1 amide bonds. The number of aryl methyl sites for hydroxylation is 1. The second-order valence-electron chi connectivity index (χ2n) is 12.4. The van der Waals surface area contributed by atoms with Gasteiger partial charge in [0.15, 0.2) is 0 Å². The van der Waals surface area contributed by atoms with Crippen molar-refractivity contribution in [3.8, 4) is 11.3 Å². The number of H-pyrrole nitrogens is 1. The van der Waals surface area contributed by atoms with E-state index in [9.17, 15) is 4.79 Å². The van der Waals surface area contributed by atoms with Crippen molar-refractivity contribution in [2.45, 2.75) is 25.4 Å². The molecule has 0 aliphatic heterocycles. The van der Waals surface area contributed by atoms with Gasteiger partial charge < -0.3 is 5.32 Å². The lowest BCUT2D eigenvalue weighted by atomic mass is 9.77. The molecular formula is C42H34N6O. The van der Waals surface area contributed by atoms with Crippen molar-refractivity contribution in [2.24, 2.45) is 0 Å². The molecular weight excluding hydrogens is 605 g/mol. The lowest BCUT2D eigenvalue weighted by Crippen LogP contribution is -2.38. The molecule has 0 radical (unpaired) electrons. The average Bonchev–Trinajstić information content (AvgIpc) is 3.75. The van der Waals surface area contributed by atoms with Crippen molar-refractivity contribution in [3.05, 3.63) is 186 Å². The normalized spacial score (nSPS) is 12.3. The van der Waals surface area contributed by atoms with Crippen LogP contribution in [0.4, 0.5) is 0 Å². The van der Waals surface area contributed by atoms with E-state index in [1.807, 2.05) is 80.6 Å². The standard InChI is InChI=1S/C42H34N6O/c1-28-18-20-30(21-19-28)29(2)44-41(49)40-45-36-26-35-38(27-37(36)46-40)48(47-39(35)31-22-24-43-25-23-31)42(32-12-6-3-7-13-32,33-14-8-4-9-15-33)34-16-10-5-11-17-34/h3-27,29,47H,1-2H3,(H,44,49). The highest BCUT2D eigenvalue weighted by molar-refractivity contribution is 6.03. The zero-order chi connectivity index (χ0) is 33.4. The molecule has 3 aromatic heterocycles. The van der Waals surface area contributed by atoms with E-state index in [1.54, 1.807) is 12.4 Å². The Labute approximate surface area is 284 Å². The second-order valence-corrected chi connectivity index (χ2v) is 12.4. The maximum absolute atomic E-state index is 13.5. The van der Waals surface area contributed by atoms with Gasteiger partial charge in [-0.15, -0.1) is 0 Å². The summed E-state index contributed by atoms with van der Waals surface area (Å²) in [5, 5.41) is 7.88. The van der Waals surface area contributed by atoms with E-state index in [1.165, 1.54) is 5.56 Å². The minimum Gasteiger partial charge on any atom is -0.343 e. The number of hydrogen-bond acceptors (Lipinski definition) is 4. The van der Waals surface area contributed by atoms with E-state index >= 15 is 0 Å². The van der Waals surface area contributed by atoms with Crippen LogP contribution in [0.3, 0.4) is 0 Å². The van der Waals surface area contributed by atoms with Crippen molar-refractivity contribution in [1.82, 2.24) is 30.0 Å². The van der Waals surface area contributed by atoms with E-state index in [2.05, 4.69) is 92.9 Å². The third-order valence-electron chi connectivity index (χ3n) is 9.29. The third-order valence-corrected chi connectivity index (χ3v) is 9.29. The molecule has 0 saturated heterocycles. The first-order valence-electron chi connectivity index (χ1n) is 16.4. The van der Waals surface area contributed by atoms with Gasteiger partial charge in [-0.3, -0.25) is 19.6 Å². The number of nitrogens with zero attached hydrogens (tertiary/aromatic N) is 4. The number of benzene rings is 5. The summed E-state index contributed by atoms with van der Waals surface area (Å²) in [6.45, 7) is 4.01. The highest BCUT2D eigenvalue weighted by Gasteiger charge is 2.40. The molecule has 7 heteroatoms. The van der Waals surface area contributed by atoms with Crippen molar-refractivity contribution >= 4 is 27.8 Å². The quantitative estimate of drug-likeness (QED) is 0.163. The van der Waals surface area contributed by atoms with Crippen LogP contribution in [0.25, 0.3) is 33.2 Å². The summed E-state index contributed by atoms with van der Waals surface area (Å²) < 4.78 is 2.24. The van der Waals surface area contributed by atoms with Crippen LogP contribution in [-0.4, -0.2) is 30.6 Å². The first-order valence-corrected chi connectivity index (χ1v) is 16.4. The molecule has 8 rings (SSSR count). The van der Waals surface area contributed by atoms with Crippen LogP contribution in [0.1, 0.15) is 51.4 Å². The first-order chi connectivity index (χ1) is 24.0. The largest absolute Gasteiger partial charge is 0.343 e. The number of pyridine rings is 1. The predicted molar refractivity (Wildman–Crippen MR) is 194 cm³/mol. The number of carbonyl (C=O) groups is 1. The van der Waals surface area contributed by atoms with Crippen LogP contribution in [-0.2, 0) is 5.54 Å². The van der Waals surface area contributed by atoms with Crippen molar-refractivity contribution in [1.29, 1.82) is 0 Å². The molecule has 8 aromatic rings. The van der Waals surface area contributed by atoms with Crippen LogP contribution in [0.15, 0.2) is 152 Å². The number of aromatic nitrogens is 5. The molecule has 0 fully saturated rings. The number of hydrogen-bond donors (Lipinski definition) is 2. The second kappa shape index (κ2) is 12.4. The molecule has 7 nitrogen and oxygen atoms in total. The molecule has 3 heterocycles. The summed E-state index contributed by atoms with van der Waals surface area (Å²) in [5.41, 5.74) is 8.72. The van der Waals surface area contributed by atoms with Gasteiger partial charge in [-0.25, -0.2) is 9.97 Å². The summed E-state index contributed by atoms with van der Waals surface area (Å²) in [6, 6.07) is 47.6. The van der Waals surface area contributed by atoms with Crippen LogP contribution in [0, 0.1) is 6.92 Å². The number of aromatic amines is 1. The molecule has 2 N–H and O–H groups in total. The number of fused-ring (bicyclic) bond motifs is 2. The van der Waals surface area contributed by atoms with Gasteiger partial charge in [0, 0.05) is 23.3 Å². The van der Waals surface area contributed by atoms with Gasteiger partial charge in [-0.1, -0.05) is 121 Å². The highest BCUT2D eigenvalue weighted by Crippen LogP contribution is 2.44. The maximum Gasteiger partial charge on any atom is 0.289 e. The monoisotopic (exact) mass is 638 g/mol. The minimum atomic E-state index is -0.801. The third kappa shape index (κ3) is 5.26. The Morgan fingerprint density at radius 3 is 1.80 bits per heavy atom. The fraction of sp³-hybridized carbons (Fsp3) is 0.0952. The smallest absolute Gasteiger partial charge is 0.289 e. The molecule has 1 atom stereocenters. The molecule has 0 aliphatic carbocycles. The fourth-order valence-corrected chi connectivity index (χ4v) is 6.85. The van der Waals surface area contributed by atoms with Crippen molar-refractivity contribution in [3.63, 3.8) is 0 Å². The number of nitrogens with one attached hydrogen (secondary N) is 2. The predicted octanol–water partition coefficient (Wildman–Crippen LogP) is 8.61. The average molecular weight is 639 g/mol. The molecule has 49 heavy (non-hydrogen) atoms. The Bertz CT molecular complexity index is 2290. The molecule has 0 spiro atoms. The topological polar surface area (TPSA) is 88.5 Å². The Morgan fingerprint density at radius 2 is 1.24 bits per heavy atom. The zero-order valence-corrected chi connectivity index (χ0v) is 27.2.